The Morgan fingerprint density at radius 3 is 2.56 bits per heavy atom. The summed E-state index contributed by atoms with van der Waals surface area (Å²) in [4.78, 5) is 29.3. The third-order valence-corrected chi connectivity index (χ3v) is 8.50. The van der Waals surface area contributed by atoms with E-state index in [1.807, 2.05) is 53.0 Å². The van der Waals surface area contributed by atoms with E-state index in [2.05, 4.69) is 27.3 Å². The zero-order chi connectivity index (χ0) is 26.5. The van der Waals surface area contributed by atoms with E-state index in [1.54, 1.807) is 7.05 Å². The summed E-state index contributed by atoms with van der Waals surface area (Å²) in [6, 6.07) is 6.17. The number of likely N-dealkylation sites (tertiary alicyclic amines) is 1. The summed E-state index contributed by atoms with van der Waals surface area (Å²) in [5, 5.41) is 0. The molecule has 36 heavy (non-hydrogen) atoms. The second-order valence-corrected chi connectivity index (χ2v) is 13.1. The van der Waals surface area contributed by atoms with Gasteiger partial charge in [0.25, 0.3) is 0 Å². The smallest absolute Gasteiger partial charge is 0.309 e. The van der Waals surface area contributed by atoms with Crippen molar-refractivity contribution in [3.05, 3.63) is 34.9 Å². The number of esters is 1. The van der Waals surface area contributed by atoms with Gasteiger partial charge >= 0.3 is 5.97 Å². The molecule has 0 saturated carbocycles. The van der Waals surface area contributed by atoms with Gasteiger partial charge in [0.1, 0.15) is 5.60 Å². The van der Waals surface area contributed by atoms with Crippen molar-refractivity contribution in [2.75, 3.05) is 31.6 Å². The second kappa shape index (κ2) is 11.8. The lowest BCUT2D eigenvalue weighted by Crippen LogP contribution is -2.45. The van der Waals surface area contributed by atoms with Gasteiger partial charge < -0.3 is 9.64 Å². The summed E-state index contributed by atoms with van der Waals surface area (Å²) >= 11 is 0. The van der Waals surface area contributed by atoms with Crippen molar-refractivity contribution in [3.63, 3.8) is 0 Å². The molecule has 3 aliphatic heterocycles. The fourth-order valence-electron chi connectivity index (χ4n) is 4.73. The summed E-state index contributed by atoms with van der Waals surface area (Å²) in [6.45, 7) is 11.1. The Morgan fingerprint density at radius 2 is 1.97 bits per heavy atom. The Bertz CT molecular complexity index is 1070. The molecule has 9 heteroatoms. The lowest BCUT2D eigenvalue weighted by atomic mass is 9.95. The van der Waals surface area contributed by atoms with Crippen LogP contribution in [0.2, 0.25) is 0 Å². The zero-order valence-electron chi connectivity index (χ0n) is 22.6. The molecule has 1 atom stereocenters. The highest BCUT2D eigenvalue weighted by Gasteiger charge is 2.33. The molecule has 1 N–H and O–H groups in total. The second-order valence-electron chi connectivity index (χ2n) is 10.5. The van der Waals surface area contributed by atoms with Gasteiger partial charge in [-0.15, -0.1) is 0 Å². The number of rotatable bonds is 5. The minimum absolute atomic E-state index is 0.0796. The number of aliphatic imine (C=N–C) groups is 2. The van der Waals surface area contributed by atoms with Crippen LogP contribution >= 0.6 is 0 Å². The molecule has 8 nitrogen and oxygen atoms in total. The van der Waals surface area contributed by atoms with Crippen LogP contribution in [-0.4, -0.2) is 70.4 Å². The van der Waals surface area contributed by atoms with Crippen LogP contribution in [-0.2, 0) is 30.3 Å². The van der Waals surface area contributed by atoms with Crippen LogP contribution in [0.4, 0.5) is 0 Å². The Morgan fingerprint density at radius 1 is 1.31 bits per heavy atom. The molecule has 3 aliphatic rings. The van der Waals surface area contributed by atoms with E-state index in [0.29, 0.717) is 23.4 Å². The number of nitrogens with one attached hydrogen (secondary N) is 1. The van der Waals surface area contributed by atoms with Crippen LogP contribution < -0.4 is 5.48 Å². The molecule has 1 aromatic rings. The Labute approximate surface area is 216 Å². The maximum absolute atomic E-state index is 12.4. The van der Waals surface area contributed by atoms with Crippen molar-refractivity contribution in [2.24, 2.45) is 21.8 Å². The Balaban J connectivity index is 0.00000176. The van der Waals surface area contributed by atoms with Crippen molar-refractivity contribution < 1.29 is 18.6 Å². The van der Waals surface area contributed by atoms with Crippen LogP contribution in [0, 0.1) is 11.8 Å². The van der Waals surface area contributed by atoms with Crippen LogP contribution in [0.1, 0.15) is 70.4 Å². The van der Waals surface area contributed by atoms with Crippen molar-refractivity contribution in [2.45, 2.75) is 65.7 Å². The number of benzene rings is 1. The third kappa shape index (κ3) is 7.32. The predicted octanol–water partition coefficient (Wildman–Crippen LogP) is 3.59. The molecule has 0 aliphatic carbocycles. The highest BCUT2D eigenvalue weighted by atomic mass is 32.2. The quantitative estimate of drug-likeness (QED) is 0.364. The number of piperidine rings is 1. The molecule has 0 aromatic heterocycles. The largest absolute Gasteiger partial charge is 0.460 e. The van der Waals surface area contributed by atoms with Gasteiger partial charge in [0.05, 0.1) is 5.92 Å². The van der Waals surface area contributed by atoms with Crippen molar-refractivity contribution >= 4 is 33.5 Å². The van der Waals surface area contributed by atoms with E-state index in [9.17, 15) is 9.00 Å². The van der Waals surface area contributed by atoms with Gasteiger partial charge in [-0.3, -0.25) is 14.0 Å². The molecular formula is C27H42N4O4S. The highest BCUT2D eigenvalue weighted by Crippen LogP contribution is 2.29. The average Bonchev–Trinajstić information content (AvgIpc) is 3.30. The van der Waals surface area contributed by atoms with Gasteiger partial charge in [0, 0.05) is 43.4 Å². The van der Waals surface area contributed by atoms with E-state index in [0.717, 1.165) is 49.0 Å². The number of hydroxylamine groups is 1. The van der Waals surface area contributed by atoms with Gasteiger partial charge in [-0.25, -0.2) is 15.3 Å². The lowest BCUT2D eigenvalue weighted by molar-refractivity contribution is -0.161. The normalized spacial score (nSPS) is 26.5. The Kier molecular flexibility index (Phi) is 9.22. The first-order valence-electron chi connectivity index (χ1n) is 12.9. The first kappa shape index (κ1) is 28.2. The minimum atomic E-state index is -1.86. The molecule has 1 unspecified atom stereocenters. The molecule has 3 heterocycles. The molecule has 2 fully saturated rings. The van der Waals surface area contributed by atoms with Crippen LogP contribution in [0.3, 0.4) is 0 Å². The molecule has 1 aromatic carbocycles. The number of guanidine groups is 1. The zero-order valence-corrected chi connectivity index (χ0v) is 23.4. The fraction of sp³-hybridized carbons (Fsp3) is 0.630. The number of carbonyl (C=O) groups excluding carboxylic acids is 1. The molecule has 2 saturated heterocycles. The molecule has 0 spiro atoms. The monoisotopic (exact) mass is 518 g/mol. The molecule has 0 amide bonds. The Hall–Kier alpha value is -2.39. The SMILES string of the molecule is C=S1(=O)CC(Cc2cc(C3N=C(N4CCC(C(=O)OC(C)(C)C)CC4)NO3)ccc2C=NC)C1.CC. The standard InChI is InChI=1S/C25H36N4O4S.C2H6/c1-25(2,3)32-23(30)18-8-10-29(11-9-18)24-27-22(33-28-24)19-6-7-20(14-26-4)21(13-19)12-17-15-34(5,31)16-17;1-2/h6-7,13-14,17-18,22H,5,8-12,15-16H2,1-4H3,(H,27,28);1-2H3. The van der Waals surface area contributed by atoms with Gasteiger partial charge in [0.15, 0.2) is 0 Å². The van der Waals surface area contributed by atoms with E-state index in [1.165, 1.54) is 0 Å². The van der Waals surface area contributed by atoms with E-state index in [4.69, 9.17) is 14.6 Å². The highest BCUT2D eigenvalue weighted by molar-refractivity contribution is 8.01. The first-order chi connectivity index (χ1) is 17.0. The number of hydrogen-bond acceptors (Lipinski definition) is 8. The topological polar surface area (TPSA) is 92.6 Å². The van der Waals surface area contributed by atoms with Crippen molar-refractivity contribution in [1.29, 1.82) is 0 Å². The molecule has 0 bridgehead atoms. The maximum Gasteiger partial charge on any atom is 0.309 e. The molecule has 4 rings (SSSR count). The van der Waals surface area contributed by atoms with Gasteiger partial charge in [0.2, 0.25) is 12.2 Å². The summed E-state index contributed by atoms with van der Waals surface area (Å²) in [5.74, 6) is 6.07. The van der Waals surface area contributed by atoms with E-state index < -0.39 is 21.4 Å². The molecule has 200 valence electrons. The molecular weight excluding hydrogens is 476 g/mol. The number of hydrogen-bond donors (Lipinski definition) is 1. The molecule has 0 radical (unpaired) electrons. The summed E-state index contributed by atoms with van der Waals surface area (Å²) in [7, 11) is -0.104. The van der Waals surface area contributed by atoms with Crippen LogP contribution in [0.15, 0.2) is 28.2 Å². The number of carbonyl (C=O) groups is 1. The van der Waals surface area contributed by atoms with E-state index >= 15 is 0 Å². The minimum Gasteiger partial charge on any atom is -0.460 e. The number of ether oxygens (including phenoxy) is 1. The summed E-state index contributed by atoms with van der Waals surface area (Å²) in [6.07, 6.45) is 3.72. The van der Waals surface area contributed by atoms with Gasteiger partial charge in [-0.1, -0.05) is 32.0 Å². The lowest BCUT2D eigenvalue weighted by Gasteiger charge is -2.32. The summed E-state index contributed by atoms with van der Waals surface area (Å²) < 4.78 is 17.6. The predicted molar refractivity (Wildman–Crippen MR) is 148 cm³/mol. The third-order valence-electron chi connectivity index (χ3n) is 6.34. The first-order valence-corrected chi connectivity index (χ1v) is 14.9. The number of nitrogens with zero attached hydrogens (tertiary/aromatic N) is 3. The van der Waals surface area contributed by atoms with Crippen molar-refractivity contribution in [3.8, 4) is 0 Å². The van der Waals surface area contributed by atoms with Crippen LogP contribution in [0.25, 0.3) is 0 Å². The maximum atomic E-state index is 12.4. The summed E-state index contributed by atoms with van der Waals surface area (Å²) in [5.41, 5.74) is 5.70. The van der Waals surface area contributed by atoms with Crippen LogP contribution in [0.5, 0.6) is 0 Å². The fourth-order valence-corrected chi connectivity index (χ4v) is 6.59. The van der Waals surface area contributed by atoms with Gasteiger partial charge in [-0.2, -0.15) is 0 Å². The van der Waals surface area contributed by atoms with E-state index in [-0.39, 0.29) is 11.9 Å². The van der Waals surface area contributed by atoms with Gasteiger partial charge in [-0.05, 0) is 72.5 Å². The average molecular weight is 519 g/mol. The van der Waals surface area contributed by atoms with Crippen molar-refractivity contribution in [1.82, 2.24) is 10.4 Å².